The maximum atomic E-state index is 9.30. The van der Waals surface area contributed by atoms with Crippen LogP contribution >= 0.6 is 15.9 Å². The summed E-state index contributed by atoms with van der Waals surface area (Å²) >= 11 is 3.42. The minimum atomic E-state index is -0.604. The summed E-state index contributed by atoms with van der Waals surface area (Å²) in [7, 11) is 0. The molecule has 0 saturated carbocycles. The van der Waals surface area contributed by atoms with Gasteiger partial charge in [-0.2, -0.15) is 0 Å². The zero-order valence-corrected chi connectivity index (χ0v) is 10.5. The second-order valence-corrected chi connectivity index (χ2v) is 4.48. The maximum Gasteiger partial charge on any atom is 0.125 e. The Hall–Kier alpha value is -0.580. The third kappa shape index (κ3) is 3.48. The zero-order chi connectivity index (χ0) is 11.4. The molecule has 0 aliphatic heterocycles. The van der Waals surface area contributed by atoms with Crippen molar-refractivity contribution in [3.8, 4) is 5.75 Å². The van der Waals surface area contributed by atoms with Crippen molar-refractivity contribution in [2.45, 2.75) is 20.0 Å². The zero-order valence-electron chi connectivity index (χ0n) is 8.96. The van der Waals surface area contributed by atoms with Gasteiger partial charge in [-0.1, -0.05) is 15.9 Å². The van der Waals surface area contributed by atoms with E-state index in [0.717, 1.165) is 21.3 Å². The number of hydrogen-bond donors (Lipinski definition) is 2. The van der Waals surface area contributed by atoms with Gasteiger partial charge in [-0.25, -0.2) is 0 Å². The summed E-state index contributed by atoms with van der Waals surface area (Å²) in [4.78, 5) is 0. The Balaban J connectivity index is 2.77. The van der Waals surface area contributed by atoms with E-state index in [0.29, 0.717) is 0 Å². The van der Waals surface area contributed by atoms with E-state index in [1.54, 1.807) is 0 Å². The number of aryl methyl sites for hydroxylation is 2. The van der Waals surface area contributed by atoms with Crippen molar-refractivity contribution in [2.24, 2.45) is 5.73 Å². The SMILES string of the molecule is Cc1cc(Br)cc(C)c1OCC(O)CN. The molecule has 0 saturated heterocycles. The highest BCUT2D eigenvalue weighted by molar-refractivity contribution is 9.10. The molecular weight excluding hydrogens is 258 g/mol. The predicted octanol–water partition coefficient (Wildman–Crippen LogP) is 1.76. The van der Waals surface area contributed by atoms with Gasteiger partial charge in [0.2, 0.25) is 0 Å². The van der Waals surface area contributed by atoms with E-state index in [9.17, 15) is 5.11 Å². The van der Waals surface area contributed by atoms with Gasteiger partial charge < -0.3 is 15.6 Å². The number of rotatable bonds is 4. The molecule has 1 rings (SSSR count). The van der Waals surface area contributed by atoms with Gasteiger partial charge in [0.25, 0.3) is 0 Å². The van der Waals surface area contributed by atoms with E-state index in [4.69, 9.17) is 10.5 Å². The second-order valence-electron chi connectivity index (χ2n) is 3.57. The molecule has 0 aromatic heterocycles. The molecular formula is C11H16BrNO2. The standard InChI is InChI=1S/C11H16BrNO2/c1-7-3-9(12)4-8(2)11(7)15-6-10(14)5-13/h3-4,10,14H,5-6,13H2,1-2H3. The quantitative estimate of drug-likeness (QED) is 0.879. The Labute approximate surface area is 98.4 Å². The molecule has 0 aliphatic rings. The molecule has 15 heavy (non-hydrogen) atoms. The van der Waals surface area contributed by atoms with Crippen molar-refractivity contribution in [1.82, 2.24) is 0 Å². The van der Waals surface area contributed by atoms with Crippen molar-refractivity contribution >= 4 is 15.9 Å². The summed E-state index contributed by atoms with van der Waals surface area (Å²) < 4.78 is 6.56. The molecule has 0 spiro atoms. The average molecular weight is 274 g/mol. The molecule has 0 heterocycles. The largest absolute Gasteiger partial charge is 0.490 e. The van der Waals surface area contributed by atoms with E-state index >= 15 is 0 Å². The number of nitrogens with two attached hydrogens (primary N) is 1. The highest BCUT2D eigenvalue weighted by Gasteiger charge is 2.08. The monoisotopic (exact) mass is 273 g/mol. The summed E-state index contributed by atoms with van der Waals surface area (Å²) in [5.74, 6) is 0.825. The topological polar surface area (TPSA) is 55.5 Å². The molecule has 3 nitrogen and oxygen atoms in total. The van der Waals surface area contributed by atoms with E-state index in [1.165, 1.54) is 0 Å². The fourth-order valence-electron chi connectivity index (χ4n) is 1.37. The summed E-state index contributed by atoms with van der Waals surface area (Å²) in [6.45, 7) is 4.40. The summed E-state index contributed by atoms with van der Waals surface area (Å²) in [6.07, 6.45) is -0.604. The molecule has 1 aromatic rings. The minimum absolute atomic E-state index is 0.217. The maximum absolute atomic E-state index is 9.30. The van der Waals surface area contributed by atoms with Crippen LogP contribution in [-0.2, 0) is 0 Å². The van der Waals surface area contributed by atoms with Crippen molar-refractivity contribution in [3.05, 3.63) is 27.7 Å². The average Bonchev–Trinajstić information content (AvgIpc) is 2.15. The Morgan fingerprint density at radius 2 is 1.93 bits per heavy atom. The molecule has 1 atom stereocenters. The van der Waals surface area contributed by atoms with Crippen molar-refractivity contribution in [2.75, 3.05) is 13.2 Å². The molecule has 0 fully saturated rings. The van der Waals surface area contributed by atoms with Gasteiger partial charge in [0.05, 0.1) is 0 Å². The molecule has 3 N–H and O–H groups in total. The number of ether oxygens (including phenoxy) is 1. The van der Waals surface area contributed by atoms with Crippen molar-refractivity contribution < 1.29 is 9.84 Å². The summed E-state index contributed by atoms with van der Waals surface area (Å²) in [5.41, 5.74) is 7.39. The summed E-state index contributed by atoms with van der Waals surface area (Å²) in [6, 6.07) is 3.97. The van der Waals surface area contributed by atoms with Gasteiger partial charge in [-0.05, 0) is 37.1 Å². The van der Waals surface area contributed by atoms with Crippen LogP contribution in [0.25, 0.3) is 0 Å². The van der Waals surface area contributed by atoms with Crippen LogP contribution in [0.1, 0.15) is 11.1 Å². The lowest BCUT2D eigenvalue weighted by Gasteiger charge is -2.14. The van der Waals surface area contributed by atoms with Crippen LogP contribution < -0.4 is 10.5 Å². The fourth-order valence-corrected chi connectivity index (χ4v) is 2.06. The number of hydrogen-bond acceptors (Lipinski definition) is 3. The molecule has 0 radical (unpaired) electrons. The van der Waals surface area contributed by atoms with Crippen molar-refractivity contribution in [3.63, 3.8) is 0 Å². The third-order valence-electron chi connectivity index (χ3n) is 2.12. The minimum Gasteiger partial charge on any atom is -0.490 e. The molecule has 84 valence electrons. The van der Waals surface area contributed by atoms with Gasteiger partial charge in [-0.15, -0.1) is 0 Å². The molecule has 1 unspecified atom stereocenters. The van der Waals surface area contributed by atoms with E-state index in [1.807, 2.05) is 26.0 Å². The van der Waals surface area contributed by atoms with Crippen molar-refractivity contribution in [1.29, 1.82) is 0 Å². The number of aliphatic hydroxyl groups is 1. The molecule has 4 heteroatoms. The smallest absolute Gasteiger partial charge is 0.125 e. The molecule has 0 amide bonds. The van der Waals surface area contributed by atoms with Crippen LogP contribution in [0.4, 0.5) is 0 Å². The number of aliphatic hydroxyl groups excluding tert-OH is 1. The van der Waals surface area contributed by atoms with Gasteiger partial charge in [0.15, 0.2) is 0 Å². The number of halogens is 1. The van der Waals surface area contributed by atoms with Gasteiger partial charge >= 0.3 is 0 Å². The van der Waals surface area contributed by atoms with Gasteiger partial charge in [0.1, 0.15) is 18.5 Å². The highest BCUT2D eigenvalue weighted by atomic mass is 79.9. The first kappa shape index (κ1) is 12.5. The third-order valence-corrected chi connectivity index (χ3v) is 2.58. The van der Waals surface area contributed by atoms with Crippen LogP contribution in [-0.4, -0.2) is 24.4 Å². The normalized spacial score (nSPS) is 12.6. The first-order valence-corrected chi connectivity index (χ1v) is 5.61. The lowest BCUT2D eigenvalue weighted by atomic mass is 10.1. The molecule has 0 aliphatic carbocycles. The predicted molar refractivity (Wildman–Crippen MR) is 64.2 cm³/mol. The lowest BCUT2D eigenvalue weighted by Crippen LogP contribution is -2.26. The molecule has 0 bridgehead atoms. The first-order chi connectivity index (χ1) is 7.04. The Morgan fingerprint density at radius 3 is 2.40 bits per heavy atom. The van der Waals surface area contributed by atoms with Gasteiger partial charge in [-0.3, -0.25) is 0 Å². The lowest BCUT2D eigenvalue weighted by molar-refractivity contribution is 0.113. The number of benzene rings is 1. The Morgan fingerprint density at radius 1 is 1.40 bits per heavy atom. The second kappa shape index (κ2) is 5.49. The fraction of sp³-hybridized carbons (Fsp3) is 0.455. The first-order valence-electron chi connectivity index (χ1n) is 4.82. The summed E-state index contributed by atoms with van der Waals surface area (Å²) in [5, 5.41) is 9.30. The van der Waals surface area contributed by atoms with Crippen LogP contribution in [0.5, 0.6) is 5.75 Å². The van der Waals surface area contributed by atoms with Crippen LogP contribution in [0.2, 0.25) is 0 Å². The van der Waals surface area contributed by atoms with E-state index in [2.05, 4.69) is 15.9 Å². The van der Waals surface area contributed by atoms with Crippen LogP contribution in [0.3, 0.4) is 0 Å². The highest BCUT2D eigenvalue weighted by Crippen LogP contribution is 2.27. The van der Waals surface area contributed by atoms with E-state index < -0.39 is 6.10 Å². The Bertz CT molecular complexity index is 318. The van der Waals surface area contributed by atoms with Gasteiger partial charge in [0, 0.05) is 11.0 Å². The Kier molecular flexibility index (Phi) is 4.57. The molecule has 1 aromatic carbocycles. The van der Waals surface area contributed by atoms with Crippen LogP contribution in [0.15, 0.2) is 16.6 Å². The van der Waals surface area contributed by atoms with E-state index in [-0.39, 0.29) is 13.2 Å². The van der Waals surface area contributed by atoms with Crippen LogP contribution in [0, 0.1) is 13.8 Å².